The highest BCUT2D eigenvalue weighted by molar-refractivity contribution is 6.46. The van der Waals surface area contributed by atoms with E-state index in [9.17, 15) is 19.1 Å². The monoisotopic (exact) mass is 397 g/mol. The van der Waals surface area contributed by atoms with Crippen molar-refractivity contribution in [3.05, 3.63) is 77.1 Å². The number of rotatable bonds is 7. The summed E-state index contributed by atoms with van der Waals surface area (Å²) >= 11 is 0. The number of aliphatic hydroxyl groups is 1. The SMILES string of the molecule is CC(C)OCCCN1C(=O)C(=O)/C(=C(/O)c2ccccc2)C1c1ccc(F)cc1. The fourth-order valence-electron chi connectivity index (χ4n) is 3.41. The van der Waals surface area contributed by atoms with E-state index in [0.717, 1.165) is 0 Å². The van der Waals surface area contributed by atoms with E-state index in [1.165, 1.54) is 29.2 Å². The van der Waals surface area contributed by atoms with Crippen LogP contribution in [0.25, 0.3) is 5.76 Å². The molecule has 1 aliphatic heterocycles. The predicted molar refractivity (Wildman–Crippen MR) is 108 cm³/mol. The van der Waals surface area contributed by atoms with Crippen molar-refractivity contribution >= 4 is 17.4 Å². The molecule has 0 saturated carbocycles. The Labute approximate surface area is 169 Å². The van der Waals surface area contributed by atoms with Crippen LogP contribution in [-0.4, -0.2) is 41.0 Å². The molecular weight excluding hydrogens is 373 g/mol. The van der Waals surface area contributed by atoms with E-state index in [2.05, 4.69) is 0 Å². The van der Waals surface area contributed by atoms with Gasteiger partial charge in [-0.05, 0) is 38.0 Å². The van der Waals surface area contributed by atoms with Crippen molar-refractivity contribution in [1.82, 2.24) is 4.90 Å². The Morgan fingerprint density at radius 1 is 1.10 bits per heavy atom. The number of ether oxygens (including phenoxy) is 1. The summed E-state index contributed by atoms with van der Waals surface area (Å²) in [6.45, 7) is 4.57. The van der Waals surface area contributed by atoms with Crippen molar-refractivity contribution in [2.45, 2.75) is 32.4 Å². The Kier molecular flexibility index (Phi) is 6.44. The molecule has 1 unspecified atom stereocenters. The molecule has 0 aromatic heterocycles. The van der Waals surface area contributed by atoms with Gasteiger partial charge < -0.3 is 14.7 Å². The maximum Gasteiger partial charge on any atom is 0.295 e. The third-order valence-corrected chi connectivity index (χ3v) is 4.77. The lowest BCUT2D eigenvalue weighted by Gasteiger charge is -2.25. The van der Waals surface area contributed by atoms with E-state index in [0.29, 0.717) is 24.2 Å². The molecule has 0 radical (unpaired) electrons. The first-order chi connectivity index (χ1) is 13.9. The van der Waals surface area contributed by atoms with Crippen molar-refractivity contribution < 1.29 is 23.8 Å². The summed E-state index contributed by atoms with van der Waals surface area (Å²) in [5.41, 5.74) is 1.02. The van der Waals surface area contributed by atoms with Crippen LogP contribution in [0.3, 0.4) is 0 Å². The second-order valence-corrected chi connectivity index (χ2v) is 7.18. The first-order valence-corrected chi connectivity index (χ1v) is 9.61. The van der Waals surface area contributed by atoms with Gasteiger partial charge in [0.15, 0.2) is 0 Å². The number of amides is 1. The average Bonchev–Trinajstić information content (AvgIpc) is 2.96. The van der Waals surface area contributed by atoms with E-state index < -0.39 is 23.5 Å². The summed E-state index contributed by atoms with van der Waals surface area (Å²) in [7, 11) is 0. The average molecular weight is 397 g/mol. The number of hydrogen-bond donors (Lipinski definition) is 1. The summed E-state index contributed by atoms with van der Waals surface area (Å²) in [6.07, 6.45) is 0.602. The summed E-state index contributed by atoms with van der Waals surface area (Å²) in [4.78, 5) is 27.0. The maximum atomic E-state index is 13.4. The molecule has 5 nitrogen and oxygen atoms in total. The minimum Gasteiger partial charge on any atom is -0.507 e. The molecule has 1 amide bonds. The number of benzene rings is 2. The van der Waals surface area contributed by atoms with Gasteiger partial charge in [-0.25, -0.2) is 4.39 Å². The lowest BCUT2D eigenvalue weighted by molar-refractivity contribution is -0.140. The second-order valence-electron chi connectivity index (χ2n) is 7.18. The van der Waals surface area contributed by atoms with E-state index in [4.69, 9.17) is 4.74 Å². The molecule has 152 valence electrons. The fourth-order valence-corrected chi connectivity index (χ4v) is 3.41. The van der Waals surface area contributed by atoms with Gasteiger partial charge in [0.2, 0.25) is 0 Å². The third-order valence-electron chi connectivity index (χ3n) is 4.77. The summed E-state index contributed by atoms with van der Waals surface area (Å²) in [5.74, 6) is -2.08. The van der Waals surface area contributed by atoms with Gasteiger partial charge >= 0.3 is 0 Å². The summed E-state index contributed by atoms with van der Waals surface area (Å²) < 4.78 is 19.0. The molecule has 2 aromatic rings. The van der Waals surface area contributed by atoms with E-state index in [1.54, 1.807) is 30.3 Å². The molecule has 1 saturated heterocycles. The van der Waals surface area contributed by atoms with Crippen LogP contribution in [0.2, 0.25) is 0 Å². The van der Waals surface area contributed by atoms with Gasteiger partial charge in [-0.3, -0.25) is 9.59 Å². The van der Waals surface area contributed by atoms with Gasteiger partial charge in [0.1, 0.15) is 11.6 Å². The number of hydrogen-bond acceptors (Lipinski definition) is 4. The Morgan fingerprint density at radius 3 is 2.38 bits per heavy atom. The zero-order valence-electron chi connectivity index (χ0n) is 16.5. The van der Waals surface area contributed by atoms with Crippen LogP contribution in [0.15, 0.2) is 60.2 Å². The largest absolute Gasteiger partial charge is 0.507 e. The molecule has 0 bridgehead atoms. The van der Waals surface area contributed by atoms with Crippen molar-refractivity contribution in [3.63, 3.8) is 0 Å². The summed E-state index contributed by atoms with van der Waals surface area (Å²) in [6, 6.07) is 13.4. The van der Waals surface area contributed by atoms with Crippen LogP contribution in [0.4, 0.5) is 4.39 Å². The lowest BCUT2D eigenvalue weighted by atomic mass is 9.95. The van der Waals surface area contributed by atoms with E-state index >= 15 is 0 Å². The van der Waals surface area contributed by atoms with Crippen LogP contribution >= 0.6 is 0 Å². The van der Waals surface area contributed by atoms with Crippen LogP contribution in [0.1, 0.15) is 37.4 Å². The molecular formula is C23H24FNO4. The Hall–Kier alpha value is -2.99. The number of halogens is 1. The molecule has 2 aromatic carbocycles. The van der Waals surface area contributed by atoms with Gasteiger partial charge in [0.25, 0.3) is 11.7 Å². The number of aliphatic hydroxyl groups excluding tert-OH is 1. The second kappa shape index (κ2) is 9.01. The summed E-state index contributed by atoms with van der Waals surface area (Å²) in [5, 5.41) is 10.8. The number of carbonyl (C=O) groups is 2. The molecule has 1 aliphatic rings. The third kappa shape index (κ3) is 4.54. The number of Topliss-reactive ketones (excluding diaryl/α,β-unsaturated/α-hetero) is 1. The smallest absolute Gasteiger partial charge is 0.295 e. The molecule has 6 heteroatoms. The van der Waals surface area contributed by atoms with Gasteiger partial charge in [0.05, 0.1) is 17.7 Å². The van der Waals surface area contributed by atoms with Crippen LogP contribution in [-0.2, 0) is 14.3 Å². The first kappa shape index (κ1) is 20.7. The van der Waals surface area contributed by atoms with E-state index in [-0.39, 0.29) is 24.0 Å². The highest BCUT2D eigenvalue weighted by Crippen LogP contribution is 2.39. The quantitative estimate of drug-likeness (QED) is 0.331. The van der Waals surface area contributed by atoms with Gasteiger partial charge in [-0.15, -0.1) is 0 Å². The topological polar surface area (TPSA) is 66.8 Å². The maximum absolute atomic E-state index is 13.4. The van der Waals surface area contributed by atoms with Crippen LogP contribution in [0, 0.1) is 5.82 Å². The first-order valence-electron chi connectivity index (χ1n) is 9.61. The number of carbonyl (C=O) groups excluding carboxylic acids is 2. The van der Waals surface area contributed by atoms with Crippen molar-refractivity contribution in [2.24, 2.45) is 0 Å². The zero-order valence-corrected chi connectivity index (χ0v) is 16.5. The van der Waals surface area contributed by atoms with Crippen LogP contribution in [0.5, 0.6) is 0 Å². The highest BCUT2D eigenvalue weighted by atomic mass is 19.1. The standard InChI is InChI=1S/C23H24FNO4/c1-15(2)29-14-6-13-25-20(16-9-11-18(24)12-10-16)19(22(27)23(25)28)21(26)17-7-4-3-5-8-17/h3-5,7-12,15,20,26H,6,13-14H2,1-2H3/b21-19+. The molecule has 3 rings (SSSR count). The van der Waals surface area contributed by atoms with Crippen molar-refractivity contribution in [1.29, 1.82) is 0 Å². The van der Waals surface area contributed by atoms with Crippen molar-refractivity contribution in [3.8, 4) is 0 Å². The van der Waals surface area contributed by atoms with Gasteiger partial charge in [0, 0.05) is 18.7 Å². The number of ketones is 1. The molecule has 1 heterocycles. The van der Waals surface area contributed by atoms with E-state index in [1.807, 2.05) is 13.8 Å². The molecule has 1 fully saturated rings. The fraction of sp³-hybridized carbons (Fsp3) is 0.304. The molecule has 0 spiro atoms. The van der Waals surface area contributed by atoms with Crippen molar-refractivity contribution in [2.75, 3.05) is 13.2 Å². The lowest BCUT2D eigenvalue weighted by Crippen LogP contribution is -2.31. The number of likely N-dealkylation sites (tertiary alicyclic amines) is 1. The minimum atomic E-state index is -0.783. The van der Waals surface area contributed by atoms with Crippen LogP contribution < -0.4 is 0 Å². The minimum absolute atomic E-state index is 0.0117. The zero-order chi connectivity index (χ0) is 21.0. The van der Waals surface area contributed by atoms with Gasteiger partial charge in [-0.2, -0.15) is 0 Å². The molecule has 1 N–H and O–H groups in total. The number of nitrogens with zero attached hydrogens (tertiary/aromatic N) is 1. The van der Waals surface area contributed by atoms with Gasteiger partial charge in [-0.1, -0.05) is 42.5 Å². The molecule has 1 atom stereocenters. The Morgan fingerprint density at radius 2 is 1.76 bits per heavy atom. The predicted octanol–water partition coefficient (Wildman–Crippen LogP) is 4.06. The highest BCUT2D eigenvalue weighted by Gasteiger charge is 2.45. The molecule has 29 heavy (non-hydrogen) atoms. The molecule has 0 aliphatic carbocycles. The Balaban J connectivity index is 2.00. The Bertz CT molecular complexity index is 906. The normalized spacial score (nSPS) is 18.6.